The highest BCUT2D eigenvalue weighted by molar-refractivity contribution is 5.81. The zero-order valence-corrected chi connectivity index (χ0v) is 9.47. The van der Waals surface area contributed by atoms with Crippen LogP contribution in [0.5, 0.6) is 0 Å². The first-order chi connectivity index (χ1) is 7.76. The molecule has 2 rings (SSSR count). The fourth-order valence-electron chi connectivity index (χ4n) is 2.21. The van der Waals surface area contributed by atoms with Crippen LogP contribution < -0.4 is 5.73 Å². The molecule has 16 heavy (non-hydrogen) atoms. The Morgan fingerprint density at radius 3 is 2.62 bits per heavy atom. The number of hydrogen-bond donors (Lipinski definition) is 2. The summed E-state index contributed by atoms with van der Waals surface area (Å²) < 4.78 is 5.58. The van der Waals surface area contributed by atoms with Gasteiger partial charge in [0.25, 0.3) is 5.91 Å². The van der Waals surface area contributed by atoms with E-state index in [2.05, 4.69) is 0 Å². The zero-order valence-electron chi connectivity index (χ0n) is 9.47. The number of carbonyl (C=O) groups excluding carboxylic acids is 1. The molecule has 1 heterocycles. The highest BCUT2D eigenvalue weighted by Gasteiger charge is 2.38. The highest BCUT2D eigenvalue weighted by Crippen LogP contribution is 2.29. The standard InChI is InChI=1S/C11H20N2O3/c12-7-9-3-4-10(16-9)11(15)13(5-6-14)8-1-2-8/h8-10,14H,1-7,12H2. The quantitative estimate of drug-likeness (QED) is 0.663. The van der Waals surface area contributed by atoms with Gasteiger partial charge >= 0.3 is 0 Å². The lowest BCUT2D eigenvalue weighted by molar-refractivity contribution is -0.143. The van der Waals surface area contributed by atoms with Crippen molar-refractivity contribution in [3.63, 3.8) is 0 Å². The van der Waals surface area contributed by atoms with Crippen molar-refractivity contribution < 1.29 is 14.6 Å². The highest BCUT2D eigenvalue weighted by atomic mass is 16.5. The molecule has 1 aliphatic heterocycles. The molecule has 0 radical (unpaired) electrons. The van der Waals surface area contributed by atoms with Crippen LogP contribution in [-0.2, 0) is 9.53 Å². The summed E-state index contributed by atoms with van der Waals surface area (Å²) in [6.07, 6.45) is 3.43. The molecule has 3 N–H and O–H groups in total. The van der Waals surface area contributed by atoms with Gasteiger partial charge in [0.15, 0.2) is 0 Å². The van der Waals surface area contributed by atoms with E-state index < -0.39 is 0 Å². The number of aliphatic hydroxyl groups is 1. The number of aliphatic hydroxyl groups excluding tert-OH is 1. The van der Waals surface area contributed by atoms with E-state index in [4.69, 9.17) is 15.6 Å². The monoisotopic (exact) mass is 228 g/mol. The second-order valence-corrected chi connectivity index (χ2v) is 4.55. The van der Waals surface area contributed by atoms with E-state index in [9.17, 15) is 4.79 Å². The topological polar surface area (TPSA) is 75.8 Å². The molecule has 0 spiro atoms. The molecular formula is C11H20N2O3. The molecule has 2 fully saturated rings. The number of ether oxygens (including phenoxy) is 1. The Morgan fingerprint density at radius 1 is 1.38 bits per heavy atom. The molecule has 2 atom stereocenters. The summed E-state index contributed by atoms with van der Waals surface area (Å²) in [6, 6.07) is 0.333. The average molecular weight is 228 g/mol. The second kappa shape index (κ2) is 5.12. The lowest BCUT2D eigenvalue weighted by atomic mass is 10.2. The molecule has 0 aromatic carbocycles. The van der Waals surface area contributed by atoms with Gasteiger partial charge in [-0.05, 0) is 25.7 Å². The van der Waals surface area contributed by atoms with E-state index in [0.717, 1.165) is 25.7 Å². The van der Waals surface area contributed by atoms with E-state index >= 15 is 0 Å². The van der Waals surface area contributed by atoms with Crippen molar-refractivity contribution >= 4 is 5.91 Å². The number of rotatable bonds is 5. The third kappa shape index (κ3) is 2.53. The molecule has 1 amide bonds. The molecule has 1 saturated carbocycles. The Labute approximate surface area is 95.5 Å². The number of nitrogens with zero attached hydrogens (tertiary/aromatic N) is 1. The Hall–Kier alpha value is -0.650. The Morgan fingerprint density at radius 2 is 2.12 bits per heavy atom. The van der Waals surface area contributed by atoms with E-state index in [0.29, 0.717) is 19.1 Å². The molecular weight excluding hydrogens is 208 g/mol. The first-order valence-corrected chi connectivity index (χ1v) is 6.03. The summed E-state index contributed by atoms with van der Waals surface area (Å²) in [5.41, 5.74) is 5.51. The summed E-state index contributed by atoms with van der Waals surface area (Å²) in [5.74, 6) is 0.0347. The largest absolute Gasteiger partial charge is 0.395 e. The first kappa shape index (κ1) is 11.8. The van der Waals surface area contributed by atoms with Gasteiger partial charge in [0.2, 0.25) is 0 Å². The fourth-order valence-corrected chi connectivity index (χ4v) is 2.21. The molecule has 0 bridgehead atoms. The third-order valence-corrected chi connectivity index (χ3v) is 3.26. The number of amides is 1. The lowest BCUT2D eigenvalue weighted by Crippen LogP contribution is -2.42. The first-order valence-electron chi connectivity index (χ1n) is 6.03. The predicted molar refractivity (Wildman–Crippen MR) is 58.8 cm³/mol. The second-order valence-electron chi connectivity index (χ2n) is 4.55. The normalized spacial score (nSPS) is 29.4. The van der Waals surface area contributed by atoms with Crippen LogP contribution in [-0.4, -0.2) is 53.9 Å². The van der Waals surface area contributed by atoms with Crippen LogP contribution in [0.15, 0.2) is 0 Å². The van der Waals surface area contributed by atoms with Crippen LogP contribution in [0.2, 0.25) is 0 Å². The molecule has 2 aliphatic rings. The summed E-state index contributed by atoms with van der Waals surface area (Å²) in [7, 11) is 0. The van der Waals surface area contributed by atoms with Gasteiger partial charge in [-0.3, -0.25) is 4.79 Å². The number of hydrogen-bond acceptors (Lipinski definition) is 4. The van der Waals surface area contributed by atoms with Crippen molar-refractivity contribution in [2.75, 3.05) is 19.7 Å². The van der Waals surface area contributed by atoms with Crippen LogP contribution in [0.4, 0.5) is 0 Å². The maximum atomic E-state index is 12.1. The van der Waals surface area contributed by atoms with Crippen LogP contribution >= 0.6 is 0 Å². The van der Waals surface area contributed by atoms with Gasteiger partial charge in [0.1, 0.15) is 6.10 Å². The van der Waals surface area contributed by atoms with Crippen LogP contribution in [0.3, 0.4) is 0 Å². The lowest BCUT2D eigenvalue weighted by Gasteiger charge is -2.24. The molecule has 5 nitrogen and oxygen atoms in total. The molecule has 0 aromatic heterocycles. The minimum absolute atomic E-state index is 0.0231. The summed E-state index contributed by atoms with van der Waals surface area (Å²) in [4.78, 5) is 13.9. The molecule has 1 saturated heterocycles. The van der Waals surface area contributed by atoms with Crippen molar-refractivity contribution in [1.82, 2.24) is 4.90 Å². The van der Waals surface area contributed by atoms with Gasteiger partial charge < -0.3 is 20.5 Å². The van der Waals surface area contributed by atoms with Crippen molar-refractivity contribution in [2.45, 2.75) is 43.9 Å². The minimum atomic E-state index is -0.333. The average Bonchev–Trinajstić information content (AvgIpc) is 3.02. The Balaban J connectivity index is 1.89. The van der Waals surface area contributed by atoms with E-state index in [1.807, 2.05) is 0 Å². The van der Waals surface area contributed by atoms with Crippen molar-refractivity contribution in [1.29, 1.82) is 0 Å². The fraction of sp³-hybridized carbons (Fsp3) is 0.909. The van der Waals surface area contributed by atoms with E-state index in [1.165, 1.54) is 0 Å². The molecule has 5 heteroatoms. The van der Waals surface area contributed by atoms with Crippen LogP contribution in [0.25, 0.3) is 0 Å². The van der Waals surface area contributed by atoms with Crippen LogP contribution in [0, 0.1) is 0 Å². The van der Waals surface area contributed by atoms with Gasteiger partial charge in [-0.1, -0.05) is 0 Å². The minimum Gasteiger partial charge on any atom is -0.395 e. The van der Waals surface area contributed by atoms with Gasteiger partial charge in [-0.15, -0.1) is 0 Å². The van der Waals surface area contributed by atoms with Crippen molar-refractivity contribution in [2.24, 2.45) is 5.73 Å². The van der Waals surface area contributed by atoms with Crippen molar-refractivity contribution in [3.8, 4) is 0 Å². The Bertz CT molecular complexity index is 256. The predicted octanol–water partition coefficient (Wildman–Crippen LogP) is -0.524. The molecule has 2 unspecified atom stereocenters. The van der Waals surface area contributed by atoms with E-state index in [1.54, 1.807) is 4.90 Å². The maximum absolute atomic E-state index is 12.1. The summed E-state index contributed by atoms with van der Waals surface area (Å²) in [5, 5.41) is 8.95. The summed E-state index contributed by atoms with van der Waals surface area (Å²) in [6.45, 7) is 0.930. The van der Waals surface area contributed by atoms with Crippen molar-refractivity contribution in [3.05, 3.63) is 0 Å². The van der Waals surface area contributed by atoms with Gasteiger partial charge in [0.05, 0.1) is 12.7 Å². The third-order valence-electron chi connectivity index (χ3n) is 3.26. The molecule has 1 aliphatic carbocycles. The van der Waals surface area contributed by atoms with Gasteiger partial charge in [-0.25, -0.2) is 0 Å². The smallest absolute Gasteiger partial charge is 0.252 e. The molecule has 92 valence electrons. The molecule has 0 aromatic rings. The van der Waals surface area contributed by atoms with E-state index in [-0.39, 0.29) is 24.7 Å². The van der Waals surface area contributed by atoms with Gasteiger partial charge in [0, 0.05) is 19.1 Å². The van der Waals surface area contributed by atoms with Gasteiger partial charge in [-0.2, -0.15) is 0 Å². The number of nitrogens with two attached hydrogens (primary N) is 1. The zero-order chi connectivity index (χ0) is 11.5. The Kier molecular flexibility index (Phi) is 3.78. The SMILES string of the molecule is NCC1CCC(C(=O)N(CCO)C2CC2)O1. The number of carbonyl (C=O) groups is 1. The summed E-state index contributed by atoms with van der Waals surface area (Å²) >= 11 is 0. The maximum Gasteiger partial charge on any atom is 0.252 e. The van der Waals surface area contributed by atoms with Crippen LogP contribution in [0.1, 0.15) is 25.7 Å².